The van der Waals surface area contributed by atoms with Crippen molar-refractivity contribution in [3.8, 4) is 23.0 Å². The van der Waals surface area contributed by atoms with Crippen LogP contribution in [0.1, 0.15) is 48.3 Å². The number of aromatic hydroxyl groups is 1. The number of carbonyl (C=O) groups excluding carboxylic acids is 3. The van der Waals surface area contributed by atoms with E-state index in [1.807, 2.05) is 0 Å². The van der Waals surface area contributed by atoms with E-state index in [4.69, 9.17) is 20.6 Å². The van der Waals surface area contributed by atoms with Gasteiger partial charge in [-0.3, -0.25) is 25.8 Å². The van der Waals surface area contributed by atoms with Crippen molar-refractivity contribution >= 4 is 29.3 Å². The molecular formula is C29H29F4N5O7. The van der Waals surface area contributed by atoms with Crippen molar-refractivity contribution in [1.82, 2.24) is 10.9 Å². The van der Waals surface area contributed by atoms with Crippen molar-refractivity contribution < 1.29 is 51.3 Å². The molecule has 0 radical (unpaired) electrons. The number of carbonyl (C=O) groups is 3. The molecule has 0 aliphatic rings. The average Bonchev–Trinajstić information content (AvgIpc) is 2.95. The number of nitrogen functional groups attached to an aromatic ring is 1. The van der Waals surface area contributed by atoms with Gasteiger partial charge in [0.25, 0.3) is 11.8 Å². The van der Waals surface area contributed by atoms with Gasteiger partial charge in [0.15, 0.2) is 11.5 Å². The maximum atomic E-state index is 15.6. The fourth-order valence-electron chi connectivity index (χ4n) is 3.79. The molecule has 0 bridgehead atoms. The SMILES string of the molecule is CCOc1cc(C(Nc2ccc(C(=N)N)c(OC(=O)C(F)(F)F)c2)C(=O)NNC(=O)c2ccc(O)cc2)c(F)cc1OC(C)C. The number of benzene rings is 3. The second-order valence-electron chi connectivity index (χ2n) is 9.50. The molecule has 0 aromatic heterocycles. The zero-order valence-corrected chi connectivity index (χ0v) is 24.0. The summed E-state index contributed by atoms with van der Waals surface area (Å²) in [5, 5.41) is 19.7. The fraction of sp³-hybridized carbons (Fsp3) is 0.241. The van der Waals surface area contributed by atoms with Crippen LogP contribution in [0.4, 0.5) is 23.2 Å². The molecule has 3 aromatic rings. The van der Waals surface area contributed by atoms with Gasteiger partial charge < -0.3 is 30.4 Å². The molecule has 0 aliphatic carbocycles. The van der Waals surface area contributed by atoms with Crippen molar-refractivity contribution in [2.75, 3.05) is 11.9 Å². The molecule has 0 saturated carbocycles. The first-order valence-electron chi connectivity index (χ1n) is 13.2. The van der Waals surface area contributed by atoms with Crippen LogP contribution in [-0.4, -0.2) is 47.6 Å². The minimum atomic E-state index is -5.38. The number of hydrogen-bond donors (Lipinski definition) is 6. The number of hydrogen-bond acceptors (Lipinski definition) is 9. The largest absolute Gasteiger partial charge is 0.508 e. The van der Waals surface area contributed by atoms with E-state index < -0.39 is 47.4 Å². The Morgan fingerprint density at radius 1 is 0.978 bits per heavy atom. The number of hydrazine groups is 1. The van der Waals surface area contributed by atoms with Crippen molar-refractivity contribution in [2.24, 2.45) is 5.73 Å². The Kier molecular flexibility index (Phi) is 10.8. The number of anilines is 1. The molecular weight excluding hydrogens is 606 g/mol. The van der Waals surface area contributed by atoms with Crippen LogP contribution in [0.25, 0.3) is 0 Å². The summed E-state index contributed by atoms with van der Waals surface area (Å²) in [7, 11) is 0. The number of halogens is 4. The Balaban J connectivity index is 2.05. The van der Waals surface area contributed by atoms with E-state index in [2.05, 4.69) is 20.9 Å². The van der Waals surface area contributed by atoms with E-state index >= 15 is 4.39 Å². The highest BCUT2D eigenvalue weighted by Crippen LogP contribution is 2.36. The van der Waals surface area contributed by atoms with Crippen molar-refractivity contribution in [2.45, 2.75) is 39.1 Å². The Morgan fingerprint density at radius 3 is 2.22 bits per heavy atom. The molecule has 240 valence electrons. The lowest BCUT2D eigenvalue weighted by Gasteiger charge is -2.23. The highest BCUT2D eigenvalue weighted by Gasteiger charge is 2.42. The highest BCUT2D eigenvalue weighted by atomic mass is 19.4. The number of rotatable bonds is 11. The van der Waals surface area contributed by atoms with Crippen LogP contribution in [0.3, 0.4) is 0 Å². The van der Waals surface area contributed by atoms with Crippen LogP contribution in [0.2, 0.25) is 0 Å². The lowest BCUT2D eigenvalue weighted by molar-refractivity contribution is -0.189. The third-order valence-electron chi connectivity index (χ3n) is 5.74. The van der Waals surface area contributed by atoms with Gasteiger partial charge in [0.2, 0.25) is 0 Å². The molecule has 12 nitrogen and oxygen atoms in total. The van der Waals surface area contributed by atoms with Crippen LogP contribution in [0.15, 0.2) is 54.6 Å². The monoisotopic (exact) mass is 635 g/mol. The van der Waals surface area contributed by atoms with Gasteiger partial charge in [0, 0.05) is 28.9 Å². The molecule has 0 fully saturated rings. The minimum Gasteiger partial charge on any atom is -0.508 e. The number of nitrogens with one attached hydrogen (secondary N) is 4. The lowest BCUT2D eigenvalue weighted by atomic mass is 10.0. The Morgan fingerprint density at radius 2 is 1.64 bits per heavy atom. The molecule has 0 aliphatic heterocycles. The van der Waals surface area contributed by atoms with Crippen LogP contribution in [0.5, 0.6) is 23.0 Å². The highest BCUT2D eigenvalue weighted by molar-refractivity contribution is 5.99. The van der Waals surface area contributed by atoms with E-state index in [0.29, 0.717) is 0 Å². The minimum absolute atomic E-state index is 0.0278. The van der Waals surface area contributed by atoms with Crippen LogP contribution in [-0.2, 0) is 9.59 Å². The predicted octanol–water partition coefficient (Wildman–Crippen LogP) is 4.08. The van der Waals surface area contributed by atoms with Crippen molar-refractivity contribution in [3.05, 3.63) is 77.1 Å². The third kappa shape index (κ3) is 8.98. The molecule has 3 rings (SSSR count). The van der Waals surface area contributed by atoms with Gasteiger partial charge in [0.1, 0.15) is 29.2 Å². The fourth-order valence-corrected chi connectivity index (χ4v) is 3.79. The summed E-state index contributed by atoms with van der Waals surface area (Å²) >= 11 is 0. The zero-order valence-electron chi connectivity index (χ0n) is 24.0. The Hall–Kier alpha value is -5.54. The number of phenols is 1. The van der Waals surface area contributed by atoms with Gasteiger partial charge in [0.05, 0.1) is 18.3 Å². The van der Waals surface area contributed by atoms with Crippen LogP contribution >= 0.6 is 0 Å². The molecule has 0 spiro atoms. The molecule has 45 heavy (non-hydrogen) atoms. The molecule has 2 amide bonds. The van der Waals surface area contributed by atoms with E-state index in [0.717, 1.165) is 18.2 Å². The van der Waals surface area contributed by atoms with E-state index in [1.165, 1.54) is 36.4 Å². The van der Waals surface area contributed by atoms with Crippen LogP contribution in [0, 0.1) is 11.2 Å². The number of ether oxygens (including phenoxy) is 3. The smallest absolute Gasteiger partial charge is 0.491 e. The normalized spacial score (nSPS) is 11.7. The summed E-state index contributed by atoms with van der Waals surface area (Å²) in [5.41, 5.74) is 8.89. The van der Waals surface area contributed by atoms with Crippen molar-refractivity contribution in [3.63, 3.8) is 0 Å². The van der Waals surface area contributed by atoms with E-state index in [1.54, 1.807) is 20.8 Å². The van der Waals surface area contributed by atoms with Gasteiger partial charge in [-0.25, -0.2) is 9.18 Å². The maximum absolute atomic E-state index is 15.6. The Bertz CT molecular complexity index is 1580. The van der Waals surface area contributed by atoms with Gasteiger partial charge in [-0.1, -0.05) is 0 Å². The molecule has 0 saturated heterocycles. The van der Waals surface area contributed by atoms with Gasteiger partial charge in [-0.2, -0.15) is 13.2 Å². The van der Waals surface area contributed by atoms with Gasteiger partial charge in [-0.15, -0.1) is 0 Å². The van der Waals surface area contributed by atoms with Gasteiger partial charge >= 0.3 is 12.1 Å². The lowest BCUT2D eigenvalue weighted by Crippen LogP contribution is -2.45. The van der Waals surface area contributed by atoms with E-state index in [9.17, 15) is 32.7 Å². The number of phenolic OH excluding ortho intramolecular Hbond substituents is 1. The standard InChI is InChI=1S/C29H29F4N5O7/c1-4-43-22-12-19(20(30)13-23(22)44-14(2)3)24(27(41)38-37-26(40)15-5-8-17(39)9-6-15)36-16-7-10-18(25(34)35)21(11-16)45-28(42)29(31,32)33/h5-14,24,36,39H,4H2,1-3H3,(H3,34,35)(H,37,40)(H,38,41). The maximum Gasteiger partial charge on any atom is 0.491 e. The van der Waals surface area contributed by atoms with Crippen LogP contribution < -0.4 is 36.1 Å². The summed E-state index contributed by atoms with van der Waals surface area (Å²) in [5.74, 6) is -6.94. The molecule has 0 heterocycles. The first-order chi connectivity index (χ1) is 21.1. The van der Waals surface area contributed by atoms with Crippen molar-refractivity contribution in [1.29, 1.82) is 5.41 Å². The van der Waals surface area contributed by atoms with E-state index in [-0.39, 0.29) is 52.3 Å². The zero-order chi connectivity index (χ0) is 33.5. The second-order valence-corrected chi connectivity index (χ2v) is 9.50. The summed E-state index contributed by atoms with van der Waals surface area (Å²) in [6.45, 7) is 5.19. The first kappa shape index (κ1) is 34.0. The molecule has 1 atom stereocenters. The van der Waals surface area contributed by atoms with Gasteiger partial charge in [-0.05, 0) is 63.2 Å². The summed E-state index contributed by atoms with van der Waals surface area (Å²) in [6.07, 6.45) is -5.76. The molecule has 16 heteroatoms. The number of alkyl halides is 3. The molecule has 7 N–H and O–H groups in total. The second kappa shape index (κ2) is 14.3. The molecule has 1 unspecified atom stereocenters. The quantitative estimate of drug-likeness (QED) is 0.0451. The number of amides is 2. The number of esters is 1. The number of amidine groups is 1. The predicted molar refractivity (Wildman–Crippen MR) is 153 cm³/mol. The summed E-state index contributed by atoms with van der Waals surface area (Å²) in [6, 6.07) is 8.56. The number of nitrogens with two attached hydrogens (primary N) is 1. The molecule has 3 aromatic carbocycles. The average molecular weight is 636 g/mol. The Labute approximate surface area is 253 Å². The first-order valence-corrected chi connectivity index (χ1v) is 13.2. The third-order valence-corrected chi connectivity index (χ3v) is 5.74. The summed E-state index contributed by atoms with van der Waals surface area (Å²) in [4.78, 5) is 37.5. The topological polar surface area (TPSA) is 185 Å². The summed E-state index contributed by atoms with van der Waals surface area (Å²) < 4.78 is 69.9.